The summed E-state index contributed by atoms with van der Waals surface area (Å²) < 4.78 is 22.3. The standard InChI is InChI=1S/C29H37ClFN5O2/c1-3-20(18-37)8-5-13-35(2)27-23-17-32-25(21-9-4-10-22(30)16-21)24(31)26(23)33-28(34-27)38-19-29-11-6-14-36(29)15-7-12-29/h4,9-10,16-17,20,37H,3,5-8,11-15,18-19H2,1-2H3. The highest BCUT2D eigenvalue weighted by Crippen LogP contribution is 2.39. The van der Waals surface area contributed by atoms with E-state index in [9.17, 15) is 5.11 Å². The highest BCUT2D eigenvalue weighted by molar-refractivity contribution is 6.30. The molecule has 0 radical (unpaired) electrons. The third-order valence-electron chi connectivity index (χ3n) is 8.33. The molecule has 0 aliphatic carbocycles. The molecule has 7 nitrogen and oxygen atoms in total. The van der Waals surface area contributed by atoms with Crippen molar-refractivity contribution in [1.29, 1.82) is 0 Å². The molecule has 2 fully saturated rings. The molecule has 0 spiro atoms. The zero-order valence-corrected chi connectivity index (χ0v) is 23.1. The van der Waals surface area contributed by atoms with E-state index in [4.69, 9.17) is 21.3 Å². The van der Waals surface area contributed by atoms with Gasteiger partial charge in [-0.05, 0) is 69.7 Å². The first-order chi connectivity index (χ1) is 18.4. The van der Waals surface area contributed by atoms with E-state index < -0.39 is 5.82 Å². The van der Waals surface area contributed by atoms with Crippen molar-refractivity contribution in [3.63, 3.8) is 0 Å². The van der Waals surface area contributed by atoms with E-state index in [-0.39, 0.29) is 35.3 Å². The molecule has 2 saturated heterocycles. The summed E-state index contributed by atoms with van der Waals surface area (Å²) in [6.07, 6.45) is 8.93. The van der Waals surface area contributed by atoms with Crippen LogP contribution in [-0.2, 0) is 0 Å². The molecule has 38 heavy (non-hydrogen) atoms. The number of aliphatic hydroxyl groups is 1. The van der Waals surface area contributed by atoms with E-state index in [1.807, 2.05) is 11.9 Å². The van der Waals surface area contributed by atoms with Crippen molar-refractivity contribution in [2.45, 2.75) is 57.4 Å². The van der Waals surface area contributed by atoms with Gasteiger partial charge in [-0.3, -0.25) is 9.88 Å². The summed E-state index contributed by atoms with van der Waals surface area (Å²) in [6, 6.07) is 7.20. The number of rotatable bonds is 11. The molecule has 1 aromatic carbocycles. The van der Waals surface area contributed by atoms with E-state index in [0.29, 0.717) is 34.9 Å². The van der Waals surface area contributed by atoms with Gasteiger partial charge in [0.05, 0.1) is 10.9 Å². The maximum absolute atomic E-state index is 16.0. The van der Waals surface area contributed by atoms with Gasteiger partial charge in [-0.15, -0.1) is 0 Å². The average molecular weight is 542 g/mol. The predicted octanol–water partition coefficient (Wildman–Crippen LogP) is 5.73. The van der Waals surface area contributed by atoms with Crippen LogP contribution in [0.4, 0.5) is 10.2 Å². The summed E-state index contributed by atoms with van der Waals surface area (Å²) in [5.41, 5.74) is 1.01. The number of nitrogens with zero attached hydrogens (tertiary/aromatic N) is 5. The van der Waals surface area contributed by atoms with Gasteiger partial charge in [0.15, 0.2) is 5.82 Å². The summed E-state index contributed by atoms with van der Waals surface area (Å²) in [5, 5.41) is 10.6. The van der Waals surface area contributed by atoms with Gasteiger partial charge in [0.2, 0.25) is 0 Å². The Bertz CT molecular complexity index is 1260. The minimum atomic E-state index is -0.514. The number of anilines is 1. The number of benzene rings is 1. The minimum absolute atomic E-state index is 0.0343. The Morgan fingerprint density at radius 3 is 2.74 bits per heavy atom. The molecule has 0 amide bonds. The number of halogens is 2. The zero-order valence-electron chi connectivity index (χ0n) is 22.3. The highest BCUT2D eigenvalue weighted by atomic mass is 35.5. The van der Waals surface area contributed by atoms with Crippen LogP contribution in [0, 0.1) is 11.7 Å². The van der Waals surface area contributed by atoms with Gasteiger partial charge in [0, 0.05) is 37.0 Å². The van der Waals surface area contributed by atoms with E-state index >= 15 is 4.39 Å². The number of hydrogen-bond acceptors (Lipinski definition) is 7. The molecular weight excluding hydrogens is 505 g/mol. The van der Waals surface area contributed by atoms with Crippen LogP contribution < -0.4 is 9.64 Å². The second-order valence-corrected chi connectivity index (χ2v) is 11.2. The smallest absolute Gasteiger partial charge is 0.319 e. The van der Waals surface area contributed by atoms with Crippen LogP contribution in [0.2, 0.25) is 5.02 Å². The van der Waals surface area contributed by atoms with Crippen LogP contribution in [0.5, 0.6) is 6.01 Å². The van der Waals surface area contributed by atoms with Gasteiger partial charge >= 0.3 is 6.01 Å². The van der Waals surface area contributed by atoms with Crippen LogP contribution in [0.25, 0.3) is 22.2 Å². The maximum atomic E-state index is 16.0. The van der Waals surface area contributed by atoms with Gasteiger partial charge in [-0.2, -0.15) is 9.97 Å². The summed E-state index contributed by atoms with van der Waals surface area (Å²) in [7, 11) is 1.95. The fourth-order valence-corrected chi connectivity index (χ4v) is 6.21. The molecule has 1 unspecified atom stereocenters. The van der Waals surface area contributed by atoms with E-state index in [0.717, 1.165) is 45.2 Å². The molecule has 5 rings (SSSR count). The van der Waals surface area contributed by atoms with Gasteiger partial charge in [0.25, 0.3) is 0 Å². The third-order valence-corrected chi connectivity index (χ3v) is 8.56. The van der Waals surface area contributed by atoms with E-state index in [1.54, 1.807) is 30.5 Å². The zero-order chi connectivity index (χ0) is 26.7. The van der Waals surface area contributed by atoms with Gasteiger partial charge in [-0.1, -0.05) is 37.1 Å². The SMILES string of the molecule is CCC(CO)CCCN(C)c1nc(OCC23CCCN2CCC3)nc2c(F)c(-c3cccc(Cl)c3)ncc12. The summed E-state index contributed by atoms with van der Waals surface area (Å²) in [4.78, 5) is 18.3. The highest BCUT2D eigenvalue weighted by Gasteiger charge is 2.45. The Kier molecular flexibility index (Phi) is 8.31. The van der Waals surface area contributed by atoms with E-state index in [2.05, 4.69) is 21.8 Å². The van der Waals surface area contributed by atoms with Crippen LogP contribution in [0.1, 0.15) is 51.9 Å². The molecule has 0 saturated carbocycles. The van der Waals surface area contributed by atoms with Crippen LogP contribution in [0.15, 0.2) is 30.5 Å². The summed E-state index contributed by atoms with van der Waals surface area (Å²) >= 11 is 6.17. The Morgan fingerprint density at radius 1 is 1.24 bits per heavy atom. The predicted molar refractivity (Wildman–Crippen MR) is 149 cm³/mol. The maximum Gasteiger partial charge on any atom is 0.319 e. The van der Waals surface area contributed by atoms with E-state index in [1.165, 1.54) is 12.8 Å². The molecule has 2 aliphatic heterocycles. The van der Waals surface area contributed by atoms with Crippen molar-refractivity contribution in [2.24, 2.45) is 5.92 Å². The second kappa shape index (κ2) is 11.7. The first-order valence-corrected chi connectivity index (χ1v) is 14.1. The Balaban J connectivity index is 1.49. The van der Waals surface area contributed by atoms with Crippen molar-refractivity contribution < 1.29 is 14.2 Å². The summed E-state index contributed by atoms with van der Waals surface area (Å²) in [5.74, 6) is 0.363. The molecule has 2 aromatic heterocycles. The Hall–Kier alpha value is -2.55. The first-order valence-electron chi connectivity index (χ1n) is 13.8. The van der Waals surface area contributed by atoms with Crippen LogP contribution >= 0.6 is 11.6 Å². The van der Waals surface area contributed by atoms with Gasteiger partial charge < -0.3 is 14.7 Å². The number of ether oxygens (including phenoxy) is 1. The normalized spacial score (nSPS) is 17.6. The molecule has 0 bridgehead atoms. The molecule has 1 N–H and O–H groups in total. The fourth-order valence-electron chi connectivity index (χ4n) is 6.02. The molecular formula is C29H37ClFN5O2. The lowest BCUT2D eigenvalue weighted by Gasteiger charge is -2.31. The lowest BCUT2D eigenvalue weighted by Crippen LogP contribution is -2.43. The lowest BCUT2D eigenvalue weighted by atomic mass is 9.95. The van der Waals surface area contributed by atoms with Crippen molar-refractivity contribution in [3.05, 3.63) is 41.3 Å². The number of hydrogen-bond donors (Lipinski definition) is 1. The fraction of sp³-hybridized carbons (Fsp3) is 0.552. The van der Waals surface area contributed by atoms with Crippen molar-refractivity contribution in [3.8, 4) is 17.3 Å². The number of aliphatic hydroxyl groups excluding tert-OH is 1. The van der Waals surface area contributed by atoms with Gasteiger partial charge in [0.1, 0.15) is 23.6 Å². The number of fused-ring (bicyclic) bond motifs is 2. The van der Waals surface area contributed by atoms with Crippen molar-refractivity contribution >= 4 is 28.3 Å². The largest absolute Gasteiger partial charge is 0.461 e. The molecule has 1 atom stereocenters. The van der Waals surface area contributed by atoms with Crippen LogP contribution in [-0.4, -0.2) is 70.4 Å². The topological polar surface area (TPSA) is 74.6 Å². The quantitative estimate of drug-likeness (QED) is 0.332. The third kappa shape index (κ3) is 5.44. The number of pyridine rings is 1. The Labute approximate surface area is 229 Å². The minimum Gasteiger partial charge on any atom is -0.461 e. The molecule has 9 heteroatoms. The number of aromatic nitrogens is 3. The molecule has 204 valence electrons. The lowest BCUT2D eigenvalue weighted by molar-refractivity contribution is 0.108. The Morgan fingerprint density at radius 2 is 2.03 bits per heavy atom. The monoisotopic (exact) mass is 541 g/mol. The summed E-state index contributed by atoms with van der Waals surface area (Å²) in [6.45, 7) is 5.70. The first kappa shape index (κ1) is 27.0. The van der Waals surface area contributed by atoms with Crippen LogP contribution in [0.3, 0.4) is 0 Å². The molecule has 3 aromatic rings. The van der Waals surface area contributed by atoms with Crippen molar-refractivity contribution in [2.75, 3.05) is 44.8 Å². The van der Waals surface area contributed by atoms with Crippen molar-refractivity contribution in [1.82, 2.24) is 19.9 Å². The van der Waals surface area contributed by atoms with Gasteiger partial charge in [-0.25, -0.2) is 4.39 Å². The average Bonchev–Trinajstić information content (AvgIpc) is 3.50. The molecule has 4 heterocycles. The molecule has 2 aliphatic rings. The second-order valence-electron chi connectivity index (χ2n) is 10.8.